The van der Waals surface area contributed by atoms with Gasteiger partial charge in [-0.25, -0.2) is 0 Å². The Morgan fingerprint density at radius 1 is 1.25 bits per heavy atom. The maximum atomic E-state index is 3.55. The fraction of sp³-hybridized carbons (Fsp3) is 0.538. The standard InChI is InChI=1S/C13H21N3/c1-15(2)12-7-5-11(6-8-12)13-14-9-4-10-16(13)3/h5-8,13-14H,4,9-10H2,1-3H3/t13-/m0/s1. The second-order valence-corrected chi connectivity index (χ2v) is 4.68. The molecule has 1 atom stereocenters. The lowest BCUT2D eigenvalue weighted by Gasteiger charge is -2.34. The Hall–Kier alpha value is -1.06. The molecule has 1 aromatic rings. The molecule has 1 fully saturated rings. The van der Waals surface area contributed by atoms with Gasteiger partial charge in [-0.15, -0.1) is 0 Å². The Balaban J connectivity index is 2.14. The van der Waals surface area contributed by atoms with E-state index in [0.717, 1.165) is 6.54 Å². The summed E-state index contributed by atoms with van der Waals surface area (Å²) >= 11 is 0. The van der Waals surface area contributed by atoms with Crippen LogP contribution in [0.25, 0.3) is 0 Å². The number of nitrogens with one attached hydrogen (secondary N) is 1. The molecule has 1 aliphatic rings. The smallest absolute Gasteiger partial charge is 0.0858 e. The van der Waals surface area contributed by atoms with Crippen LogP contribution in [0.1, 0.15) is 18.2 Å². The molecule has 0 radical (unpaired) electrons. The zero-order valence-corrected chi connectivity index (χ0v) is 10.4. The van der Waals surface area contributed by atoms with Crippen molar-refractivity contribution in [3.63, 3.8) is 0 Å². The fourth-order valence-electron chi connectivity index (χ4n) is 2.18. The summed E-state index contributed by atoms with van der Waals surface area (Å²) in [6, 6.07) is 8.79. The molecule has 0 saturated carbocycles. The van der Waals surface area contributed by atoms with Crippen LogP contribution in [-0.2, 0) is 0 Å². The van der Waals surface area contributed by atoms with E-state index >= 15 is 0 Å². The van der Waals surface area contributed by atoms with Gasteiger partial charge in [0.05, 0.1) is 6.17 Å². The number of nitrogens with zero attached hydrogens (tertiary/aromatic N) is 2. The average Bonchev–Trinajstić information content (AvgIpc) is 2.30. The minimum Gasteiger partial charge on any atom is -0.378 e. The summed E-state index contributed by atoms with van der Waals surface area (Å²) in [5, 5.41) is 3.55. The minimum absolute atomic E-state index is 0.380. The van der Waals surface area contributed by atoms with Gasteiger partial charge >= 0.3 is 0 Å². The van der Waals surface area contributed by atoms with Crippen molar-refractivity contribution in [1.82, 2.24) is 10.2 Å². The van der Waals surface area contributed by atoms with Crippen molar-refractivity contribution in [3.8, 4) is 0 Å². The van der Waals surface area contributed by atoms with Crippen molar-refractivity contribution in [1.29, 1.82) is 0 Å². The normalized spacial score (nSPS) is 22.1. The maximum Gasteiger partial charge on any atom is 0.0858 e. The molecule has 0 aliphatic carbocycles. The fourth-order valence-corrected chi connectivity index (χ4v) is 2.18. The summed E-state index contributed by atoms with van der Waals surface area (Å²) in [5.41, 5.74) is 2.61. The van der Waals surface area contributed by atoms with Gasteiger partial charge in [-0.1, -0.05) is 12.1 Å². The molecular formula is C13H21N3. The van der Waals surface area contributed by atoms with Gasteiger partial charge in [0.15, 0.2) is 0 Å². The lowest BCUT2D eigenvalue weighted by molar-refractivity contribution is 0.167. The summed E-state index contributed by atoms with van der Waals surface area (Å²) in [4.78, 5) is 4.50. The van der Waals surface area contributed by atoms with Crippen LogP contribution in [0, 0.1) is 0 Å². The van der Waals surface area contributed by atoms with Crippen molar-refractivity contribution in [3.05, 3.63) is 29.8 Å². The van der Waals surface area contributed by atoms with Crippen LogP contribution in [0.4, 0.5) is 5.69 Å². The van der Waals surface area contributed by atoms with Crippen molar-refractivity contribution >= 4 is 5.69 Å². The molecule has 2 rings (SSSR count). The third-order valence-corrected chi connectivity index (χ3v) is 3.19. The minimum atomic E-state index is 0.380. The largest absolute Gasteiger partial charge is 0.378 e. The highest BCUT2D eigenvalue weighted by molar-refractivity contribution is 5.46. The Morgan fingerprint density at radius 2 is 1.94 bits per heavy atom. The highest BCUT2D eigenvalue weighted by Crippen LogP contribution is 2.22. The van der Waals surface area contributed by atoms with E-state index in [0.29, 0.717) is 6.17 Å². The summed E-state index contributed by atoms with van der Waals surface area (Å²) in [6.07, 6.45) is 1.62. The van der Waals surface area contributed by atoms with Crippen LogP contribution >= 0.6 is 0 Å². The first-order chi connectivity index (χ1) is 7.68. The number of benzene rings is 1. The molecule has 3 heteroatoms. The monoisotopic (exact) mass is 219 g/mol. The van der Waals surface area contributed by atoms with Crippen LogP contribution < -0.4 is 10.2 Å². The van der Waals surface area contributed by atoms with E-state index in [4.69, 9.17) is 0 Å². The third-order valence-electron chi connectivity index (χ3n) is 3.19. The molecule has 16 heavy (non-hydrogen) atoms. The van der Waals surface area contributed by atoms with Crippen molar-refractivity contribution in [2.75, 3.05) is 39.1 Å². The number of hydrogen-bond acceptors (Lipinski definition) is 3. The van der Waals surface area contributed by atoms with Crippen LogP contribution in [0.3, 0.4) is 0 Å². The van der Waals surface area contributed by atoms with Crippen molar-refractivity contribution in [2.45, 2.75) is 12.6 Å². The molecule has 0 amide bonds. The topological polar surface area (TPSA) is 18.5 Å². The van der Waals surface area contributed by atoms with Gasteiger partial charge in [0, 0.05) is 26.3 Å². The Labute approximate surface area is 98.0 Å². The lowest BCUT2D eigenvalue weighted by Crippen LogP contribution is -2.42. The van der Waals surface area contributed by atoms with E-state index in [1.165, 1.54) is 24.2 Å². The summed E-state index contributed by atoms with van der Waals surface area (Å²) < 4.78 is 0. The molecule has 0 spiro atoms. The first-order valence-electron chi connectivity index (χ1n) is 5.89. The van der Waals surface area contributed by atoms with E-state index in [1.54, 1.807) is 0 Å². The molecular weight excluding hydrogens is 198 g/mol. The van der Waals surface area contributed by atoms with Gasteiger partial charge in [-0.05, 0) is 37.7 Å². The molecule has 0 aromatic heterocycles. The first kappa shape index (κ1) is 11.4. The van der Waals surface area contributed by atoms with Gasteiger partial charge in [-0.2, -0.15) is 0 Å². The van der Waals surface area contributed by atoms with Gasteiger partial charge < -0.3 is 4.90 Å². The molecule has 0 bridgehead atoms. The zero-order chi connectivity index (χ0) is 11.5. The summed E-state index contributed by atoms with van der Waals surface area (Å²) in [5.74, 6) is 0. The molecule has 1 heterocycles. The van der Waals surface area contributed by atoms with Crippen molar-refractivity contribution in [2.24, 2.45) is 0 Å². The first-order valence-corrected chi connectivity index (χ1v) is 5.89. The van der Waals surface area contributed by atoms with Crippen LogP contribution in [0.5, 0.6) is 0 Å². The molecule has 1 aromatic carbocycles. The molecule has 1 saturated heterocycles. The Bertz CT molecular complexity index is 332. The Morgan fingerprint density at radius 3 is 2.50 bits per heavy atom. The third kappa shape index (κ3) is 2.36. The van der Waals surface area contributed by atoms with Gasteiger partial charge in [0.2, 0.25) is 0 Å². The van der Waals surface area contributed by atoms with E-state index in [2.05, 4.69) is 60.5 Å². The maximum absolute atomic E-state index is 3.55. The molecule has 0 unspecified atom stereocenters. The summed E-state index contributed by atoms with van der Waals surface area (Å²) in [7, 11) is 6.32. The predicted molar refractivity (Wildman–Crippen MR) is 68.8 cm³/mol. The van der Waals surface area contributed by atoms with Gasteiger partial charge in [-0.3, -0.25) is 10.2 Å². The van der Waals surface area contributed by atoms with Crippen LogP contribution in [-0.4, -0.2) is 39.1 Å². The number of hydrogen-bond donors (Lipinski definition) is 1. The quantitative estimate of drug-likeness (QED) is 0.816. The molecule has 1 N–H and O–H groups in total. The van der Waals surface area contributed by atoms with Crippen LogP contribution in [0.15, 0.2) is 24.3 Å². The predicted octanol–water partition coefficient (Wildman–Crippen LogP) is 1.68. The lowest BCUT2D eigenvalue weighted by atomic mass is 10.1. The van der Waals surface area contributed by atoms with E-state index in [9.17, 15) is 0 Å². The average molecular weight is 219 g/mol. The van der Waals surface area contributed by atoms with Crippen LogP contribution in [0.2, 0.25) is 0 Å². The van der Waals surface area contributed by atoms with E-state index in [1.807, 2.05) is 0 Å². The van der Waals surface area contributed by atoms with E-state index < -0.39 is 0 Å². The van der Waals surface area contributed by atoms with Gasteiger partial charge in [0.1, 0.15) is 0 Å². The highest BCUT2D eigenvalue weighted by atomic mass is 15.3. The molecule has 1 aliphatic heterocycles. The Kier molecular flexibility index (Phi) is 3.46. The SMILES string of the molecule is CN(C)c1ccc([C@H]2NCCCN2C)cc1. The summed E-state index contributed by atoms with van der Waals surface area (Å²) in [6.45, 7) is 2.29. The van der Waals surface area contributed by atoms with Crippen molar-refractivity contribution < 1.29 is 0 Å². The second-order valence-electron chi connectivity index (χ2n) is 4.68. The highest BCUT2D eigenvalue weighted by Gasteiger charge is 2.19. The zero-order valence-electron chi connectivity index (χ0n) is 10.4. The molecule has 88 valence electrons. The number of anilines is 1. The number of rotatable bonds is 2. The van der Waals surface area contributed by atoms with Gasteiger partial charge in [0.25, 0.3) is 0 Å². The second kappa shape index (κ2) is 4.85. The molecule has 3 nitrogen and oxygen atoms in total. The van der Waals surface area contributed by atoms with E-state index in [-0.39, 0.29) is 0 Å².